The van der Waals surface area contributed by atoms with Crippen molar-refractivity contribution >= 4 is 0 Å². The quantitative estimate of drug-likeness (QED) is 0.816. The molecule has 100 valence electrons. The Bertz CT molecular complexity index is 270. The summed E-state index contributed by atoms with van der Waals surface area (Å²) in [4.78, 5) is 2.61. The molecule has 0 aromatic carbocycles. The Labute approximate surface area is 107 Å². The van der Waals surface area contributed by atoms with Crippen LogP contribution in [0.3, 0.4) is 0 Å². The van der Waals surface area contributed by atoms with Crippen molar-refractivity contribution in [3.63, 3.8) is 0 Å². The lowest BCUT2D eigenvalue weighted by Gasteiger charge is -2.45. The predicted octanol–water partition coefficient (Wildman–Crippen LogP) is 2.87. The molecule has 0 aromatic heterocycles. The maximum atomic E-state index is 6.17. The second-order valence-corrected chi connectivity index (χ2v) is 7.43. The summed E-state index contributed by atoms with van der Waals surface area (Å²) in [5, 5.41) is 0. The van der Waals surface area contributed by atoms with E-state index in [1.807, 2.05) is 0 Å². The van der Waals surface area contributed by atoms with Gasteiger partial charge in [0, 0.05) is 18.6 Å². The molecular weight excluding hydrogens is 208 g/mol. The first-order valence-corrected chi connectivity index (χ1v) is 7.31. The molecule has 2 rings (SSSR count). The lowest BCUT2D eigenvalue weighted by Crippen LogP contribution is -2.56. The van der Waals surface area contributed by atoms with Gasteiger partial charge in [-0.3, -0.25) is 4.90 Å². The molecule has 0 spiro atoms. The van der Waals surface area contributed by atoms with Crippen molar-refractivity contribution in [3.8, 4) is 0 Å². The number of nitrogens with two attached hydrogens (primary N) is 1. The molecule has 2 N–H and O–H groups in total. The van der Waals surface area contributed by atoms with E-state index in [1.54, 1.807) is 0 Å². The van der Waals surface area contributed by atoms with Crippen LogP contribution in [0.1, 0.15) is 52.9 Å². The van der Waals surface area contributed by atoms with Crippen LogP contribution in [0.4, 0.5) is 0 Å². The summed E-state index contributed by atoms with van der Waals surface area (Å²) in [5.41, 5.74) is 6.90. The number of likely N-dealkylation sites (N-methyl/N-ethyl adjacent to an activating group) is 1. The molecule has 17 heavy (non-hydrogen) atoms. The normalized spacial score (nSPS) is 37.4. The molecule has 2 heteroatoms. The highest BCUT2D eigenvalue weighted by atomic mass is 15.2. The zero-order valence-corrected chi connectivity index (χ0v) is 12.1. The Morgan fingerprint density at radius 1 is 1.29 bits per heavy atom. The maximum Gasteiger partial charge on any atom is 0.0359 e. The molecular formula is C15H30N2. The van der Waals surface area contributed by atoms with Crippen molar-refractivity contribution in [2.45, 2.75) is 58.4 Å². The largest absolute Gasteiger partial charge is 0.329 e. The SMILES string of the molecule is CC1CC(C)(C)CC1(CN)N(C)CC1CCC1. The highest BCUT2D eigenvalue weighted by Crippen LogP contribution is 2.50. The molecule has 0 amide bonds. The van der Waals surface area contributed by atoms with Gasteiger partial charge in [-0.2, -0.15) is 0 Å². The first-order valence-electron chi connectivity index (χ1n) is 7.31. The van der Waals surface area contributed by atoms with Crippen molar-refractivity contribution in [3.05, 3.63) is 0 Å². The van der Waals surface area contributed by atoms with Gasteiger partial charge in [-0.1, -0.05) is 27.2 Å². The highest BCUT2D eigenvalue weighted by Gasteiger charge is 2.50. The van der Waals surface area contributed by atoms with Crippen LogP contribution in [0.5, 0.6) is 0 Å². The number of hydrogen-bond acceptors (Lipinski definition) is 2. The van der Waals surface area contributed by atoms with E-state index in [2.05, 4.69) is 32.7 Å². The lowest BCUT2D eigenvalue weighted by atomic mass is 9.81. The first-order chi connectivity index (χ1) is 7.89. The predicted molar refractivity (Wildman–Crippen MR) is 73.9 cm³/mol. The van der Waals surface area contributed by atoms with Crippen LogP contribution in [0.15, 0.2) is 0 Å². The molecule has 2 atom stereocenters. The van der Waals surface area contributed by atoms with Crippen LogP contribution < -0.4 is 5.73 Å². The van der Waals surface area contributed by atoms with Gasteiger partial charge in [0.25, 0.3) is 0 Å². The van der Waals surface area contributed by atoms with Gasteiger partial charge in [-0.05, 0) is 50.0 Å². The Morgan fingerprint density at radius 2 is 1.94 bits per heavy atom. The molecule has 0 radical (unpaired) electrons. The molecule has 2 unspecified atom stereocenters. The van der Waals surface area contributed by atoms with Crippen molar-refractivity contribution < 1.29 is 0 Å². The number of rotatable bonds is 4. The molecule has 0 aromatic rings. The zero-order valence-electron chi connectivity index (χ0n) is 12.1. The summed E-state index contributed by atoms with van der Waals surface area (Å²) >= 11 is 0. The van der Waals surface area contributed by atoms with E-state index in [0.717, 1.165) is 18.4 Å². The van der Waals surface area contributed by atoms with Gasteiger partial charge in [0.15, 0.2) is 0 Å². The van der Waals surface area contributed by atoms with Gasteiger partial charge in [-0.15, -0.1) is 0 Å². The first kappa shape index (κ1) is 13.4. The zero-order chi connectivity index (χ0) is 12.7. The van der Waals surface area contributed by atoms with Gasteiger partial charge in [0.2, 0.25) is 0 Å². The summed E-state index contributed by atoms with van der Waals surface area (Å²) in [7, 11) is 2.31. The fourth-order valence-corrected chi connectivity index (χ4v) is 4.28. The van der Waals surface area contributed by atoms with Crippen LogP contribution >= 0.6 is 0 Å². The van der Waals surface area contributed by atoms with Crippen LogP contribution in [-0.2, 0) is 0 Å². The Morgan fingerprint density at radius 3 is 2.29 bits per heavy atom. The van der Waals surface area contributed by atoms with Gasteiger partial charge in [-0.25, -0.2) is 0 Å². The van der Waals surface area contributed by atoms with Crippen molar-refractivity contribution in [2.24, 2.45) is 23.0 Å². The molecule has 2 saturated carbocycles. The van der Waals surface area contributed by atoms with Crippen molar-refractivity contribution in [1.29, 1.82) is 0 Å². The van der Waals surface area contributed by atoms with Crippen LogP contribution in [0.25, 0.3) is 0 Å². The Hall–Kier alpha value is -0.0800. The van der Waals surface area contributed by atoms with Gasteiger partial charge >= 0.3 is 0 Å². The van der Waals surface area contributed by atoms with E-state index in [0.29, 0.717) is 5.41 Å². The monoisotopic (exact) mass is 238 g/mol. The van der Waals surface area contributed by atoms with Crippen molar-refractivity contribution in [2.75, 3.05) is 20.1 Å². The van der Waals surface area contributed by atoms with E-state index in [4.69, 9.17) is 5.73 Å². The standard InChI is InChI=1S/C15H30N2/c1-12-8-14(2,3)10-15(12,11-16)17(4)9-13-6-5-7-13/h12-13H,5-11,16H2,1-4H3. The summed E-state index contributed by atoms with van der Waals surface area (Å²) < 4.78 is 0. The third-order valence-corrected chi connectivity index (χ3v) is 5.43. The Kier molecular flexibility index (Phi) is 3.57. The highest BCUT2D eigenvalue weighted by molar-refractivity contribution is 5.05. The topological polar surface area (TPSA) is 29.3 Å². The summed E-state index contributed by atoms with van der Waals surface area (Å²) in [6.45, 7) is 9.29. The second kappa shape index (κ2) is 4.55. The van der Waals surface area contributed by atoms with E-state index in [1.165, 1.54) is 38.6 Å². The van der Waals surface area contributed by atoms with E-state index >= 15 is 0 Å². The molecule has 2 aliphatic carbocycles. The molecule has 2 aliphatic rings. The van der Waals surface area contributed by atoms with Gasteiger partial charge < -0.3 is 5.73 Å². The van der Waals surface area contributed by atoms with Crippen molar-refractivity contribution in [1.82, 2.24) is 4.90 Å². The minimum absolute atomic E-state index is 0.263. The minimum atomic E-state index is 0.263. The molecule has 2 fully saturated rings. The second-order valence-electron chi connectivity index (χ2n) is 7.43. The molecule has 0 aliphatic heterocycles. The van der Waals surface area contributed by atoms with E-state index in [-0.39, 0.29) is 5.54 Å². The Balaban J connectivity index is 2.07. The molecule has 0 heterocycles. The molecule has 0 saturated heterocycles. The van der Waals surface area contributed by atoms with E-state index < -0.39 is 0 Å². The van der Waals surface area contributed by atoms with Crippen LogP contribution in [-0.4, -0.2) is 30.6 Å². The minimum Gasteiger partial charge on any atom is -0.329 e. The molecule has 0 bridgehead atoms. The van der Waals surface area contributed by atoms with Crippen LogP contribution in [0.2, 0.25) is 0 Å². The fraction of sp³-hybridized carbons (Fsp3) is 1.00. The average molecular weight is 238 g/mol. The van der Waals surface area contributed by atoms with Crippen LogP contribution in [0, 0.1) is 17.3 Å². The third kappa shape index (κ3) is 2.39. The summed E-state index contributed by atoms with van der Waals surface area (Å²) in [5.74, 6) is 1.67. The summed E-state index contributed by atoms with van der Waals surface area (Å²) in [6, 6.07) is 0. The smallest absolute Gasteiger partial charge is 0.0359 e. The lowest BCUT2D eigenvalue weighted by molar-refractivity contribution is 0.0550. The molecule has 2 nitrogen and oxygen atoms in total. The number of hydrogen-bond donors (Lipinski definition) is 1. The maximum absolute atomic E-state index is 6.17. The third-order valence-electron chi connectivity index (χ3n) is 5.43. The van der Waals surface area contributed by atoms with Gasteiger partial charge in [0.05, 0.1) is 0 Å². The fourth-order valence-electron chi connectivity index (χ4n) is 4.28. The average Bonchev–Trinajstić information content (AvgIpc) is 2.42. The summed E-state index contributed by atoms with van der Waals surface area (Å²) in [6.07, 6.45) is 6.89. The van der Waals surface area contributed by atoms with Gasteiger partial charge in [0.1, 0.15) is 0 Å². The van der Waals surface area contributed by atoms with E-state index in [9.17, 15) is 0 Å². The number of nitrogens with zero attached hydrogens (tertiary/aromatic N) is 1.